The molecule has 0 aromatic carbocycles. The van der Waals surface area contributed by atoms with Crippen molar-refractivity contribution in [1.82, 2.24) is 9.80 Å². The zero-order valence-electron chi connectivity index (χ0n) is 44.8. The Morgan fingerprint density at radius 3 is 0.818 bits per heavy atom. The van der Waals surface area contributed by atoms with E-state index in [-0.39, 0.29) is 0 Å². The molecule has 0 bridgehead atoms. The fourth-order valence-corrected chi connectivity index (χ4v) is 21.4. The first-order valence-corrected chi connectivity index (χ1v) is 31.7. The highest BCUT2D eigenvalue weighted by Crippen LogP contribution is 2.60. The van der Waals surface area contributed by atoms with Crippen LogP contribution in [0.1, 0.15) is 260 Å². The van der Waals surface area contributed by atoms with Gasteiger partial charge in [-0.2, -0.15) is 0 Å². The van der Waals surface area contributed by atoms with Crippen molar-refractivity contribution in [3.63, 3.8) is 0 Å². The van der Waals surface area contributed by atoms with Gasteiger partial charge in [-0.05, 0) is 273 Å². The first-order chi connectivity index (χ1) is 32.2. The Bertz CT molecular complexity index is 1360. The summed E-state index contributed by atoms with van der Waals surface area (Å²) in [5, 5.41) is 0. The maximum Gasteiger partial charge on any atom is 0.0164 e. The van der Waals surface area contributed by atoms with Crippen molar-refractivity contribution in [2.75, 3.05) is 0 Å². The Morgan fingerprint density at radius 2 is 0.515 bits per heavy atom. The highest BCUT2D eigenvalue weighted by atomic mass is 15.3. The fraction of sp³-hybridized carbons (Fsp3) is 1.00. The maximum atomic E-state index is 3.55. The van der Waals surface area contributed by atoms with Crippen LogP contribution in [-0.4, -0.2) is 46.1 Å². The third kappa shape index (κ3) is 9.89. The molecule has 0 aliphatic heterocycles. The minimum atomic E-state index is 0.872. The van der Waals surface area contributed by atoms with Crippen LogP contribution in [-0.2, 0) is 0 Å². The third-order valence-corrected chi connectivity index (χ3v) is 25.4. The minimum Gasteiger partial charge on any atom is -0.294 e. The smallest absolute Gasteiger partial charge is 0.0164 e. The first kappa shape index (κ1) is 48.2. The van der Waals surface area contributed by atoms with Crippen LogP contribution in [0.3, 0.4) is 0 Å². The number of nitrogens with zero attached hydrogens (tertiary/aromatic N) is 2. The highest BCUT2D eigenvalue weighted by Gasteiger charge is 2.59. The number of hydrogen-bond donors (Lipinski definition) is 0. The zero-order valence-corrected chi connectivity index (χ0v) is 44.8. The summed E-state index contributed by atoms with van der Waals surface area (Å²) < 4.78 is 0. The Kier molecular flexibility index (Phi) is 15.5. The molecule has 0 radical (unpaired) electrons. The molecule has 0 aromatic rings. The maximum absolute atomic E-state index is 3.55. The molecule has 0 saturated heterocycles. The van der Waals surface area contributed by atoms with Gasteiger partial charge in [0.1, 0.15) is 0 Å². The molecule has 66 heavy (non-hydrogen) atoms. The lowest BCUT2D eigenvalue weighted by Gasteiger charge is -2.65. The van der Waals surface area contributed by atoms with Gasteiger partial charge in [0.2, 0.25) is 0 Å². The third-order valence-electron chi connectivity index (χ3n) is 25.4. The van der Waals surface area contributed by atoms with Crippen molar-refractivity contribution in [1.29, 1.82) is 0 Å². The summed E-state index contributed by atoms with van der Waals surface area (Å²) in [6.45, 7) is 15.8. The largest absolute Gasteiger partial charge is 0.294 e. The van der Waals surface area contributed by atoms with Crippen molar-refractivity contribution in [3.8, 4) is 0 Å². The molecule has 11 fully saturated rings. The average molecular weight is 908 g/mol. The fourth-order valence-electron chi connectivity index (χ4n) is 21.4. The predicted molar refractivity (Wildman–Crippen MR) is 280 cm³/mol. The first-order valence-electron chi connectivity index (χ1n) is 31.7. The van der Waals surface area contributed by atoms with E-state index >= 15 is 0 Å². The predicted octanol–water partition coefficient (Wildman–Crippen LogP) is 17.4. The van der Waals surface area contributed by atoms with Crippen molar-refractivity contribution >= 4 is 0 Å². The van der Waals surface area contributed by atoms with Gasteiger partial charge in [-0.15, -0.1) is 0 Å². The van der Waals surface area contributed by atoms with Crippen molar-refractivity contribution < 1.29 is 0 Å². The molecule has 376 valence electrons. The van der Waals surface area contributed by atoms with Crippen LogP contribution in [0, 0.1) is 107 Å². The Balaban J connectivity index is 0.833. The molecule has 0 heterocycles. The van der Waals surface area contributed by atoms with Crippen molar-refractivity contribution in [2.45, 2.75) is 296 Å². The molecule has 11 aliphatic carbocycles. The molecule has 11 rings (SSSR count). The average Bonchev–Trinajstić information content (AvgIpc) is 3.30. The summed E-state index contributed by atoms with van der Waals surface area (Å²) in [6, 6.07) is 5.29. The van der Waals surface area contributed by atoms with Crippen LogP contribution in [0.25, 0.3) is 0 Å². The lowest BCUT2D eigenvalue weighted by molar-refractivity contribution is -0.154. The van der Waals surface area contributed by atoms with E-state index < -0.39 is 0 Å². The molecule has 11 saturated carbocycles. The second-order valence-electron chi connectivity index (χ2n) is 29.2. The minimum absolute atomic E-state index is 0.872. The van der Waals surface area contributed by atoms with E-state index in [0.29, 0.717) is 0 Å². The molecular formula is C64H110N2. The molecule has 11 aliphatic rings. The van der Waals surface area contributed by atoms with E-state index in [1.807, 2.05) is 0 Å². The van der Waals surface area contributed by atoms with Gasteiger partial charge < -0.3 is 0 Å². The van der Waals surface area contributed by atoms with E-state index in [9.17, 15) is 0 Å². The topological polar surface area (TPSA) is 6.48 Å². The van der Waals surface area contributed by atoms with Gasteiger partial charge in [0.15, 0.2) is 0 Å². The van der Waals surface area contributed by atoms with Gasteiger partial charge in [0, 0.05) is 36.3 Å². The molecule has 0 amide bonds. The van der Waals surface area contributed by atoms with E-state index in [2.05, 4.69) is 51.3 Å². The van der Waals surface area contributed by atoms with Gasteiger partial charge in [0.25, 0.3) is 0 Å². The summed E-state index contributed by atoms with van der Waals surface area (Å²) in [7, 11) is 0. The van der Waals surface area contributed by atoms with E-state index in [0.717, 1.165) is 143 Å². The summed E-state index contributed by atoms with van der Waals surface area (Å²) in [6.07, 6.45) is 52.6. The molecule has 10 atom stereocenters. The Hall–Kier alpha value is -0.0800. The number of fused-ring (bicyclic) bond motifs is 2. The Morgan fingerprint density at radius 1 is 0.227 bits per heavy atom. The van der Waals surface area contributed by atoms with Gasteiger partial charge in [0.05, 0.1) is 0 Å². The lowest BCUT2D eigenvalue weighted by atomic mass is 9.52. The molecule has 0 N–H and O–H groups in total. The van der Waals surface area contributed by atoms with E-state index in [1.165, 1.54) is 103 Å². The van der Waals surface area contributed by atoms with Crippen LogP contribution in [0.15, 0.2) is 0 Å². The van der Waals surface area contributed by atoms with Gasteiger partial charge in [-0.1, -0.05) is 92.9 Å². The molecular weight excluding hydrogens is 797 g/mol. The summed E-state index contributed by atoms with van der Waals surface area (Å²) >= 11 is 0. The zero-order chi connectivity index (χ0) is 45.1. The van der Waals surface area contributed by atoms with Crippen LogP contribution in [0.5, 0.6) is 0 Å². The molecule has 10 unspecified atom stereocenters. The van der Waals surface area contributed by atoms with Gasteiger partial charge >= 0.3 is 0 Å². The second-order valence-corrected chi connectivity index (χ2v) is 29.2. The monoisotopic (exact) mass is 907 g/mol. The normalized spacial score (nSPS) is 52.7. The summed E-state index contributed by atoms with van der Waals surface area (Å²) in [4.78, 5) is 7.10. The number of hydrogen-bond acceptors (Lipinski definition) is 2. The van der Waals surface area contributed by atoms with Crippen molar-refractivity contribution in [3.05, 3.63) is 0 Å². The van der Waals surface area contributed by atoms with Gasteiger partial charge in [-0.3, -0.25) is 9.80 Å². The highest BCUT2D eigenvalue weighted by molar-refractivity contribution is 5.11. The van der Waals surface area contributed by atoms with E-state index in [4.69, 9.17) is 0 Å². The molecule has 0 spiro atoms. The lowest BCUT2D eigenvalue weighted by Crippen LogP contribution is -2.69. The van der Waals surface area contributed by atoms with Crippen LogP contribution >= 0.6 is 0 Å². The quantitative estimate of drug-likeness (QED) is 0.216. The molecule has 2 heteroatoms. The summed E-state index contributed by atoms with van der Waals surface area (Å²) in [5.41, 5.74) is 0. The van der Waals surface area contributed by atoms with Crippen LogP contribution in [0.2, 0.25) is 0 Å². The van der Waals surface area contributed by atoms with Gasteiger partial charge in [-0.25, -0.2) is 0 Å². The molecule has 0 aromatic heterocycles. The van der Waals surface area contributed by atoms with E-state index in [1.54, 1.807) is 116 Å². The van der Waals surface area contributed by atoms with Crippen LogP contribution < -0.4 is 0 Å². The second kappa shape index (κ2) is 21.2. The van der Waals surface area contributed by atoms with Crippen molar-refractivity contribution in [2.24, 2.45) is 107 Å². The standard InChI is InChI=1S/C64H110N2/c1-41-15-23-47(24-16-41)49-37-51(38-49)57-33-31-55(35-45(57)5)65(53-27-19-43(3)20-28-53)63-59-11-7-9-13-61(59)64(62-14-10-8-12-60(62)63)66(54-29-21-44(4)22-30-54)56-32-34-58(46(6)36-56)52-39-50(40-52)48-25-17-42(2)18-26-48/h41-64H,7-40H2,1-6H3. The number of rotatable bonds is 10. The SMILES string of the molecule is CC1CCC(C2CC(C3CCC(N(C4CCC(C)CC4)C4C5CCCCC5C(N(C5CCC(C)CC5)C5CCC(C6CC(C7CCC(C)CC7)C6)C(C)C5)C5CCCCC54)CC3C)C2)CC1. The molecule has 2 nitrogen and oxygen atoms in total. The Labute approximate surface area is 410 Å². The summed E-state index contributed by atoms with van der Waals surface area (Å²) in [5.74, 6) is 18.2. The van der Waals surface area contributed by atoms with Crippen LogP contribution in [0.4, 0.5) is 0 Å².